The van der Waals surface area contributed by atoms with Gasteiger partial charge in [0.15, 0.2) is 0 Å². The predicted molar refractivity (Wildman–Crippen MR) is 91.7 cm³/mol. The van der Waals surface area contributed by atoms with E-state index < -0.39 is 0 Å². The summed E-state index contributed by atoms with van der Waals surface area (Å²) in [5.41, 5.74) is 1.36. The van der Waals surface area contributed by atoms with E-state index in [4.69, 9.17) is 4.74 Å². The van der Waals surface area contributed by atoms with Crippen molar-refractivity contribution in [1.29, 1.82) is 0 Å². The minimum atomic E-state index is 0.186. The topological polar surface area (TPSA) is 21.3 Å². The van der Waals surface area contributed by atoms with Crippen LogP contribution in [0.5, 0.6) is 5.75 Å². The summed E-state index contributed by atoms with van der Waals surface area (Å²) in [4.78, 5) is 2.61. The molecule has 0 bridgehead atoms. The summed E-state index contributed by atoms with van der Waals surface area (Å²) < 4.78 is 6.28. The van der Waals surface area contributed by atoms with Gasteiger partial charge < -0.3 is 10.1 Å². The van der Waals surface area contributed by atoms with Crippen molar-refractivity contribution in [3.05, 3.63) is 46.2 Å². The summed E-state index contributed by atoms with van der Waals surface area (Å²) in [5, 5.41) is 5.93. The van der Waals surface area contributed by atoms with E-state index in [9.17, 15) is 0 Å². The molecule has 112 valence electrons. The highest BCUT2D eigenvalue weighted by Gasteiger charge is 2.29. The molecule has 3 rings (SSSR count). The Morgan fingerprint density at radius 2 is 2.24 bits per heavy atom. The summed E-state index contributed by atoms with van der Waals surface area (Å²) in [6.07, 6.45) is 1.32. The van der Waals surface area contributed by atoms with Crippen LogP contribution in [0.1, 0.15) is 29.8 Å². The first-order valence-corrected chi connectivity index (χ1v) is 9.31. The van der Waals surface area contributed by atoms with Crippen molar-refractivity contribution in [2.24, 2.45) is 0 Å². The molecule has 1 aliphatic heterocycles. The number of nitrogens with one attached hydrogen (secondary N) is 1. The zero-order valence-electron chi connectivity index (χ0n) is 12.5. The average molecular weight is 319 g/mol. The Bertz CT molecular complexity index is 596. The number of thiophene rings is 1. The third kappa shape index (κ3) is 3.44. The lowest BCUT2D eigenvalue weighted by Gasteiger charge is -2.32. The van der Waals surface area contributed by atoms with Crippen LogP contribution in [0.4, 0.5) is 0 Å². The summed E-state index contributed by atoms with van der Waals surface area (Å²) in [6, 6.07) is 10.9. The normalized spacial score (nSPS) is 18.9. The third-order valence-electron chi connectivity index (χ3n) is 3.63. The second-order valence-corrected chi connectivity index (χ2v) is 7.51. The smallest absolute Gasteiger partial charge is 0.133 e. The summed E-state index contributed by atoms with van der Waals surface area (Å²) in [5.74, 6) is 2.02. The Balaban J connectivity index is 1.81. The number of hydrogen-bond acceptors (Lipinski definition) is 4. The molecule has 21 heavy (non-hydrogen) atoms. The first-order valence-electron chi connectivity index (χ1n) is 7.45. The fourth-order valence-corrected chi connectivity index (χ4v) is 4.37. The molecule has 4 heteroatoms. The van der Waals surface area contributed by atoms with Gasteiger partial charge in [-0.05, 0) is 49.0 Å². The predicted octanol–water partition coefficient (Wildman–Crippen LogP) is 4.65. The van der Waals surface area contributed by atoms with Gasteiger partial charge in [-0.1, -0.05) is 19.1 Å². The van der Waals surface area contributed by atoms with Gasteiger partial charge >= 0.3 is 0 Å². The van der Waals surface area contributed by atoms with Crippen LogP contribution >= 0.6 is 23.1 Å². The fourth-order valence-electron chi connectivity index (χ4n) is 2.59. The molecule has 2 nitrogen and oxygen atoms in total. The molecule has 0 aliphatic carbocycles. The number of ether oxygens (including phenoxy) is 1. The van der Waals surface area contributed by atoms with Gasteiger partial charge in [0, 0.05) is 15.5 Å². The van der Waals surface area contributed by atoms with Gasteiger partial charge in [-0.3, -0.25) is 0 Å². The van der Waals surface area contributed by atoms with E-state index in [1.165, 1.54) is 15.3 Å². The maximum absolute atomic E-state index is 6.28. The number of aryl methyl sites for hydroxylation is 1. The summed E-state index contributed by atoms with van der Waals surface area (Å²) >= 11 is 3.71. The van der Waals surface area contributed by atoms with E-state index in [0.717, 1.165) is 24.5 Å². The minimum Gasteiger partial charge on any atom is -0.486 e. The molecule has 2 atom stereocenters. The molecule has 1 N–H and O–H groups in total. The highest BCUT2D eigenvalue weighted by molar-refractivity contribution is 7.99. The van der Waals surface area contributed by atoms with Crippen LogP contribution in [0.15, 0.2) is 40.6 Å². The monoisotopic (exact) mass is 319 g/mol. The largest absolute Gasteiger partial charge is 0.486 e. The van der Waals surface area contributed by atoms with E-state index in [1.54, 1.807) is 0 Å². The molecule has 2 unspecified atom stereocenters. The third-order valence-corrected chi connectivity index (χ3v) is 5.65. The van der Waals surface area contributed by atoms with Crippen LogP contribution in [-0.4, -0.2) is 18.4 Å². The molecule has 0 amide bonds. The SMILES string of the molecule is CCCNC(c1csc(C)c1)C1CSc2ccccc2O1. The van der Waals surface area contributed by atoms with E-state index >= 15 is 0 Å². The lowest BCUT2D eigenvalue weighted by molar-refractivity contribution is 0.166. The van der Waals surface area contributed by atoms with Crippen LogP contribution in [-0.2, 0) is 0 Å². The fraction of sp³-hybridized carbons (Fsp3) is 0.412. The number of rotatable bonds is 5. The standard InChI is InChI=1S/C17H21NOS2/c1-3-8-18-17(13-9-12(2)20-10-13)15-11-21-16-7-5-4-6-14(16)19-15/h4-7,9-10,15,17-18H,3,8,11H2,1-2H3. The van der Waals surface area contributed by atoms with E-state index in [0.29, 0.717) is 0 Å². The lowest BCUT2D eigenvalue weighted by atomic mass is 10.0. The maximum atomic E-state index is 6.28. The van der Waals surface area contributed by atoms with Gasteiger partial charge in [-0.15, -0.1) is 23.1 Å². The summed E-state index contributed by atoms with van der Waals surface area (Å²) in [7, 11) is 0. The molecular formula is C17H21NOS2. The number of thioether (sulfide) groups is 1. The van der Waals surface area contributed by atoms with Gasteiger partial charge in [0.2, 0.25) is 0 Å². The molecule has 2 aromatic rings. The zero-order chi connectivity index (χ0) is 14.7. The van der Waals surface area contributed by atoms with Crippen molar-refractivity contribution in [1.82, 2.24) is 5.32 Å². The van der Waals surface area contributed by atoms with Crippen LogP contribution in [0.3, 0.4) is 0 Å². The van der Waals surface area contributed by atoms with Crippen molar-refractivity contribution < 1.29 is 4.74 Å². The van der Waals surface area contributed by atoms with Gasteiger partial charge in [-0.2, -0.15) is 0 Å². The number of benzene rings is 1. The van der Waals surface area contributed by atoms with Crippen molar-refractivity contribution in [2.45, 2.75) is 37.3 Å². The Labute approximate surface area is 134 Å². The Morgan fingerprint density at radius 1 is 1.38 bits per heavy atom. The van der Waals surface area contributed by atoms with Gasteiger partial charge in [0.1, 0.15) is 11.9 Å². The lowest BCUT2D eigenvalue weighted by Crippen LogP contribution is -2.39. The first-order chi connectivity index (χ1) is 10.3. The van der Waals surface area contributed by atoms with Crippen molar-refractivity contribution in [2.75, 3.05) is 12.3 Å². The molecule has 2 heterocycles. The van der Waals surface area contributed by atoms with E-state index in [1.807, 2.05) is 29.2 Å². The molecule has 0 fully saturated rings. The molecular weight excluding hydrogens is 298 g/mol. The van der Waals surface area contributed by atoms with Crippen LogP contribution < -0.4 is 10.1 Å². The van der Waals surface area contributed by atoms with Crippen molar-refractivity contribution in [3.8, 4) is 5.75 Å². The van der Waals surface area contributed by atoms with Crippen LogP contribution in [0.25, 0.3) is 0 Å². The Hall–Kier alpha value is -0.970. The summed E-state index contributed by atoms with van der Waals surface area (Å²) in [6.45, 7) is 5.39. The second kappa shape index (κ2) is 6.86. The van der Waals surface area contributed by atoms with E-state index in [2.05, 4.69) is 48.8 Å². The van der Waals surface area contributed by atoms with Crippen molar-refractivity contribution >= 4 is 23.1 Å². The quantitative estimate of drug-likeness (QED) is 0.866. The average Bonchev–Trinajstić information content (AvgIpc) is 2.94. The van der Waals surface area contributed by atoms with Crippen LogP contribution in [0.2, 0.25) is 0 Å². The molecule has 0 saturated carbocycles. The molecule has 0 spiro atoms. The molecule has 0 radical (unpaired) electrons. The molecule has 1 aromatic heterocycles. The number of fused-ring (bicyclic) bond motifs is 1. The van der Waals surface area contributed by atoms with Gasteiger partial charge in [-0.25, -0.2) is 0 Å². The molecule has 1 aromatic carbocycles. The van der Waals surface area contributed by atoms with Crippen molar-refractivity contribution in [3.63, 3.8) is 0 Å². The Morgan fingerprint density at radius 3 is 3.00 bits per heavy atom. The first kappa shape index (κ1) is 14.9. The van der Waals surface area contributed by atoms with Gasteiger partial charge in [0.25, 0.3) is 0 Å². The molecule has 0 saturated heterocycles. The van der Waals surface area contributed by atoms with Crippen LogP contribution in [0, 0.1) is 6.92 Å². The van der Waals surface area contributed by atoms with Gasteiger partial charge in [0.05, 0.1) is 6.04 Å². The second-order valence-electron chi connectivity index (χ2n) is 5.34. The Kier molecular flexibility index (Phi) is 4.88. The zero-order valence-corrected chi connectivity index (χ0v) is 14.1. The highest BCUT2D eigenvalue weighted by atomic mass is 32.2. The highest BCUT2D eigenvalue weighted by Crippen LogP contribution is 2.38. The number of hydrogen-bond donors (Lipinski definition) is 1. The minimum absolute atomic E-state index is 0.186. The molecule has 1 aliphatic rings. The maximum Gasteiger partial charge on any atom is 0.133 e. The number of para-hydroxylation sites is 1. The van der Waals surface area contributed by atoms with E-state index in [-0.39, 0.29) is 12.1 Å².